The topological polar surface area (TPSA) is 125 Å². The Labute approximate surface area is 135 Å². The van der Waals surface area contributed by atoms with E-state index in [2.05, 4.69) is 4.72 Å². The zero-order valence-electron chi connectivity index (χ0n) is 12.9. The van der Waals surface area contributed by atoms with Crippen LogP contribution in [0.4, 0.5) is 0 Å². The molecule has 1 atom stereocenters. The summed E-state index contributed by atoms with van der Waals surface area (Å²) in [5.74, 6) is -1.18. The van der Waals surface area contributed by atoms with Crippen molar-refractivity contribution in [2.45, 2.75) is 30.7 Å². The van der Waals surface area contributed by atoms with Gasteiger partial charge in [-0.2, -0.15) is 4.72 Å². The summed E-state index contributed by atoms with van der Waals surface area (Å²) >= 11 is 0. The summed E-state index contributed by atoms with van der Waals surface area (Å²) in [4.78, 5) is 22.9. The fraction of sp³-hybridized carbons (Fsp3) is 0.429. The Hall–Kier alpha value is -2.13. The maximum absolute atomic E-state index is 12.3. The molecule has 0 radical (unpaired) electrons. The summed E-state index contributed by atoms with van der Waals surface area (Å²) in [5.41, 5.74) is 5.06. The van der Waals surface area contributed by atoms with Gasteiger partial charge in [0.25, 0.3) is 0 Å². The van der Waals surface area contributed by atoms with Crippen molar-refractivity contribution in [3.8, 4) is 5.75 Å². The minimum Gasteiger partial charge on any atom is -0.497 e. The Bertz CT molecular complexity index is 642. The van der Waals surface area contributed by atoms with E-state index in [1.807, 2.05) is 0 Å². The number of hydrogen-bond acceptors (Lipinski definition) is 6. The number of carbonyl (C=O) groups is 2. The molecule has 0 bridgehead atoms. The molecule has 0 aromatic heterocycles. The quantitative estimate of drug-likeness (QED) is 0.615. The molecule has 0 heterocycles. The number of ether oxygens (including phenoxy) is 2. The van der Waals surface area contributed by atoms with Crippen LogP contribution in [-0.4, -0.2) is 40.1 Å². The van der Waals surface area contributed by atoms with Gasteiger partial charge in [-0.1, -0.05) is 6.92 Å². The molecule has 0 unspecified atom stereocenters. The number of esters is 1. The number of carbonyl (C=O) groups excluding carboxylic acids is 2. The van der Waals surface area contributed by atoms with Crippen LogP contribution in [0.3, 0.4) is 0 Å². The second kappa shape index (κ2) is 8.49. The molecule has 1 amide bonds. The van der Waals surface area contributed by atoms with Crippen LogP contribution in [-0.2, 0) is 24.3 Å². The van der Waals surface area contributed by atoms with E-state index in [0.29, 0.717) is 12.2 Å². The second-order valence-corrected chi connectivity index (χ2v) is 6.40. The lowest BCUT2D eigenvalue weighted by molar-refractivity contribution is -0.147. The zero-order valence-corrected chi connectivity index (χ0v) is 13.8. The molecule has 0 aliphatic carbocycles. The number of methoxy groups -OCH3 is 1. The molecule has 0 aliphatic heterocycles. The molecule has 0 aliphatic rings. The molecule has 128 valence electrons. The third-order valence-corrected chi connectivity index (χ3v) is 4.29. The largest absolute Gasteiger partial charge is 0.497 e. The van der Waals surface area contributed by atoms with Crippen molar-refractivity contribution in [3.05, 3.63) is 24.3 Å². The molecule has 23 heavy (non-hydrogen) atoms. The van der Waals surface area contributed by atoms with Crippen molar-refractivity contribution in [3.63, 3.8) is 0 Å². The number of sulfonamides is 1. The van der Waals surface area contributed by atoms with Crippen LogP contribution in [0.5, 0.6) is 5.75 Å². The predicted octanol–water partition coefficient (Wildman–Crippen LogP) is 0.171. The molecule has 8 nitrogen and oxygen atoms in total. The van der Waals surface area contributed by atoms with Crippen LogP contribution in [0.15, 0.2) is 29.2 Å². The smallest absolute Gasteiger partial charge is 0.324 e. The summed E-state index contributed by atoms with van der Waals surface area (Å²) < 4.78 is 36.5. The highest BCUT2D eigenvalue weighted by atomic mass is 32.2. The molecule has 0 fully saturated rings. The Kier molecular flexibility index (Phi) is 6.98. The van der Waals surface area contributed by atoms with Gasteiger partial charge in [-0.25, -0.2) is 8.42 Å². The fourth-order valence-corrected chi connectivity index (χ4v) is 2.87. The van der Waals surface area contributed by atoms with Crippen LogP contribution in [0.1, 0.15) is 19.8 Å². The SMILES string of the molecule is CCCOC(=O)[C@@H](CC(N)=O)NS(=O)(=O)c1ccc(OC)cc1. The van der Waals surface area contributed by atoms with Crippen molar-refractivity contribution in [1.29, 1.82) is 0 Å². The highest BCUT2D eigenvalue weighted by Gasteiger charge is 2.28. The van der Waals surface area contributed by atoms with Gasteiger partial charge in [0.1, 0.15) is 11.8 Å². The van der Waals surface area contributed by atoms with E-state index in [1.165, 1.54) is 31.4 Å². The summed E-state index contributed by atoms with van der Waals surface area (Å²) in [5, 5.41) is 0. The maximum Gasteiger partial charge on any atom is 0.324 e. The van der Waals surface area contributed by atoms with E-state index in [4.69, 9.17) is 15.2 Å². The van der Waals surface area contributed by atoms with Gasteiger partial charge in [-0.05, 0) is 30.7 Å². The number of rotatable bonds is 9. The number of nitrogens with one attached hydrogen (secondary N) is 1. The second-order valence-electron chi connectivity index (χ2n) is 4.69. The monoisotopic (exact) mass is 344 g/mol. The first kappa shape index (κ1) is 18.9. The van der Waals surface area contributed by atoms with Gasteiger partial charge in [0.05, 0.1) is 25.0 Å². The van der Waals surface area contributed by atoms with Gasteiger partial charge >= 0.3 is 5.97 Å². The van der Waals surface area contributed by atoms with Crippen LogP contribution in [0.25, 0.3) is 0 Å². The van der Waals surface area contributed by atoms with Gasteiger partial charge in [0.2, 0.25) is 15.9 Å². The first-order valence-corrected chi connectivity index (χ1v) is 8.39. The van der Waals surface area contributed by atoms with Crippen molar-refractivity contribution < 1.29 is 27.5 Å². The number of amides is 1. The number of benzene rings is 1. The van der Waals surface area contributed by atoms with E-state index >= 15 is 0 Å². The Morgan fingerprint density at radius 3 is 2.35 bits per heavy atom. The van der Waals surface area contributed by atoms with Crippen LogP contribution < -0.4 is 15.2 Å². The van der Waals surface area contributed by atoms with Crippen molar-refractivity contribution >= 4 is 21.9 Å². The minimum atomic E-state index is -4.01. The van der Waals surface area contributed by atoms with Crippen molar-refractivity contribution in [2.75, 3.05) is 13.7 Å². The third kappa shape index (κ3) is 5.87. The molecular formula is C14H20N2O6S. The highest BCUT2D eigenvalue weighted by Crippen LogP contribution is 2.16. The average molecular weight is 344 g/mol. The number of primary amides is 1. The first-order valence-electron chi connectivity index (χ1n) is 6.91. The lowest BCUT2D eigenvalue weighted by atomic mass is 10.2. The molecule has 1 rings (SSSR count). The van der Waals surface area contributed by atoms with Crippen LogP contribution >= 0.6 is 0 Å². The lowest BCUT2D eigenvalue weighted by Gasteiger charge is -2.16. The molecule has 1 aromatic rings. The normalized spacial score (nSPS) is 12.4. The molecule has 0 saturated carbocycles. The Morgan fingerprint density at radius 2 is 1.87 bits per heavy atom. The lowest BCUT2D eigenvalue weighted by Crippen LogP contribution is -2.44. The predicted molar refractivity (Wildman–Crippen MR) is 82.2 cm³/mol. The summed E-state index contributed by atoms with van der Waals surface area (Å²) in [6.45, 7) is 1.91. The average Bonchev–Trinajstić information content (AvgIpc) is 2.51. The van der Waals surface area contributed by atoms with Gasteiger partial charge in [0, 0.05) is 0 Å². The van der Waals surface area contributed by atoms with Crippen molar-refractivity contribution in [1.82, 2.24) is 4.72 Å². The van der Waals surface area contributed by atoms with Crippen LogP contribution in [0, 0.1) is 0 Å². The van der Waals surface area contributed by atoms with E-state index in [9.17, 15) is 18.0 Å². The van der Waals surface area contributed by atoms with Gasteiger partial charge in [0.15, 0.2) is 0 Å². The van der Waals surface area contributed by atoms with Gasteiger partial charge in [-0.15, -0.1) is 0 Å². The molecule has 9 heteroatoms. The summed E-state index contributed by atoms with van der Waals surface area (Å²) in [7, 11) is -2.56. The number of hydrogen-bond donors (Lipinski definition) is 2. The molecule has 3 N–H and O–H groups in total. The molecule has 0 saturated heterocycles. The standard InChI is InChI=1S/C14H20N2O6S/c1-3-8-22-14(18)12(9-13(15)17)16-23(19,20)11-6-4-10(21-2)5-7-11/h4-7,12,16H,3,8-9H2,1-2H3,(H2,15,17)/t12-/m1/s1. The number of nitrogens with two attached hydrogens (primary N) is 1. The molecule has 0 spiro atoms. The van der Waals surface area contributed by atoms with Gasteiger partial charge < -0.3 is 15.2 Å². The maximum atomic E-state index is 12.3. The van der Waals surface area contributed by atoms with E-state index < -0.39 is 34.4 Å². The van der Waals surface area contributed by atoms with Crippen molar-refractivity contribution in [2.24, 2.45) is 5.73 Å². The highest BCUT2D eigenvalue weighted by molar-refractivity contribution is 7.89. The molecule has 1 aromatic carbocycles. The van der Waals surface area contributed by atoms with Crippen LogP contribution in [0.2, 0.25) is 0 Å². The van der Waals surface area contributed by atoms with E-state index in [-0.39, 0.29) is 11.5 Å². The Morgan fingerprint density at radius 1 is 1.26 bits per heavy atom. The minimum absolute atomic E-state index is 0.0731. The summed E-state index contributed by atoms with van der Waals surface area (Å²) in [6, 6.07) is 4.20. The third-order valence-electron chi connectivity index (χ3n) is 2.81. The Balaban J connectivity index is 2.94. The summed E-state index contributed by atoms with van der Waals surface area (Å²) in [6.07, 6.45) is 0.0815. The van der Waals surface area contributed by atoms with Gasteiger partial charge in [-0.3, -0.25) is 9.59 Å². The zero-order chi connectivity index (χ0) is 17.5. The fourth-order valence-electron chi connectivity index (χ4n) is 1.69. The first-order chi connectivity index (χ1) is 10.8. The van der Waals surface area contributed by atoms with E-state index in [0.717, 1.165) is 0 Å². The van der Waals surface area contributed by atoms with E-state index in [1.54, 1.807) is 6.92 Å². The molecular weight excluding hydrogens is 324 g/mol.